The molecule has 0 unspecified atom stereocenters. The zero-order chi connectivity index (χ0) is 14.2. The molecule has 2 aromatic rings. The molecule has 0 bridgehead atoms. The van der Waals surface area contributed by atoms with Crippen LogP contribution in [0.15, 0.2) is 21.1 Å². The molecule has 0 saturated carbocycles. The van der Waals surface area contributed by atoms with Crippen molar-refractivity contribution in [2.24, 2.45) is 5.73 Å². The summed E-state index contributed by atoms with van der Waals surface area (Å²) in [6.07, 6.45) is -4.56. The minimum atomic E-state index is -4.56. The Labute approximate surface area is 113 Å². The third-order valence-electron chi connectivity index (χ3n) is 2.26. The lowest BCUT2D eigenvalue weighted by Gasteiger charge is -2.10. The Kier molecular flexibility index (Phi) is 3.50. The van der Waals surface area contributed by atoms with E-state index in [1.807, 2.05) is 0 Å². The van der Waals surface area contributed by atoms with E-state index in [-0.39, 0.29) is 28.3 Å². The van der Waals surface area contributed by atoms with E-state index in [9.17, 15) is 18.3 Å². The van der Waals surface area contributed by atoms with E-state index in [1.54, 1.807) is 0 Å². The van der Waals surface area contributed by atoms with Gasteiger partial charge in [0.1, 0.15) is 5.75 Å². The van der Waals surface area contributed by atoms with Gasteiger partial charge in [-0.25, -0.2) is 0 Å². The van der Waals surface area contributed by atoms with Crippen molar-refractivity contribution < 1.29 is 22.8 Å². The number of benzene rings is 1. The van der Waals surface area contributed by atoms with Crippen molar-refractivity contribution in [1.82, 2.24) is 10.1 Å². The summed E-state index contributed by atoms with van der Waals surface area (Å²) in [6.45, 7) is -0.00792. The highest BCUT2D eigenvalue weighted by molar-refractivity contribution is 9.10. The molecule has 0 saturated heterocycles. The van der Waals surface area contributed by atoms with Gasteiger partial charge in [-0.2, -0.15) is 18.2 Å². The van der Waals surface area contributed by atoms with Crippen LogP contribution in [0.1, 0.15) is 11.5 Å². The van der Waals surface area contributed by atoms with Crippen molar-refractivity contribution >= 4 is 15.9 Å². The predicted octanol–water partition coefficient (Wildman–Crippen LogP) is 2.68. The molecule has 0 aliphatic carbocycles. The molecule has 0 spiro atoms. The highest BCUT2D eigenvalue weighted by atomic mass is 79.9. The number of rotatable bonds is 2. The van der Waals surface area contributed by atoms with Crippen LogP contribution in [-0.2, 0) is 12.7 Å². The third kappa shape index (κ3) is 2.71. The van der Waals surface area contributed by atoms with Gasteiger partial charge < -0.3 is 15.4 Å². The second kappa shape index (κ2) is 4.82. The Morgan fingerprint density at radius 2 is 2.05 bits per heavy atom. The van der Waals surface area contributed by atoms with Crippen LogP contribution in [0.25, 0.3) is 11.4 Å². The molecule has 0 fully saturated rings. The van der Waals surface area contributed by atoms with E-state index < -0.39 is 17.5 Å². The molecule has 102 valence electrons. The number of nitrogens with two attached hydrogens (primary N) is 1. The number of phenolic OH excluding ortho intramolecular Hbond substituents is 1. The molecule has 3 N–H and O–H groups in total. The lowest BCUT2D eigenvalue weighted by molar-refractivity contribution is -0.137. The van der Waals surface area contributed by atoms with Crippen LogP contribution >= 0.6 is 15.9 Å². The first kappa shape index (κ1) is 13.8. The van der Waals surface area contributed by atoms with Gasteiger partial charge in [0, 0.05) is 4.47 Å². The fourth-order valence-corrected chi connectivity index (χ4v) is 2.04. The summed E-state index contributed by atoms with van der Waals surface area (Å²) in [5.74, 6) is -0.536. The second-order valence-corrected chi connectivity index (χ2v) is 4.42. The minimum absolute atomic E-state index is 0.00389. The van der Waals surface area contributed by atoms with E-state index in [2.05, 4.69) is 26.1 Å². The molecule has 2 rings (SSSR count). The maximum atomic E-state index is 12.5. The van der Waals surface area contributed by atoms with Crippen LogP contribution in [0.5, 0.6) is 5.75 Å². The number of hydrogen-bond donors (Lipinski definition) is 2. The fraction of sp³-hybridized carbons (Fsp3) is 0.200. The summed E-state index contributed by atoms with van der Waals surface area (Å²) in [5.41, 5.74) is 4.31. The van der Waals surface area contributed by atoms with Crippen molar-refractivity contribution in [2.75, 3.05) is 0 Å². The molecule has 1 aromatic heterocycles. The second-order valence-electron chi connectivity index (χ2n) is 3.57. The number of phenols is 1. The summed E-state index contributed by atoms with van der Waals surface area (Å²) in [6, 6.07) is 1.42. The van der Waals surface area contributed by atoms with Gasteiger partial charge in [-0.05, 0) is 28.1 Å². The summed E-state index contributed by atoms with van der Waals surface area (Å²) in [7, 11) is 0. The van der Waals surface area contributed by atoms with E-state index in [0.717, 1.165) is 6.07 Å². The number of alkyl halides is 3. The van der Waals surface area contributed by atoms with Gasteiger partial charge in [0.15, 0.2) is 0 Å². The predicted molar refractivity (Wildman–Crippen MR) is 62.0 cm³/mol. The SMILES string of the molecule is NCc1nc(-c2c(O)cc(C(F)(F)F)cc2Br)no1. The van der Waals surface area contributed by atoms with Gasteiger partial charge in [-0.3, -0.25) is 0 Å². The molecule has 19 heavy (non-hydrogen) atoms. The Morgan fingerprint density at radius 3 is 2.53 bits per heavy atom. The van der Waals surface area contributed by atoms with Gasteiger partial charge in [0.2, 0.25) is 11.7 Å². The molecule has 0 aliphatic rings. The van der Waals surface area contributed by atoms with Crippen molar-refractivity contribution in [3.05, 3.63) is 28.1 Å². The van der Waals surface area contributed by atoms with Crippen molar-refractivity contribution in [3.8, 4) is 17.1 Å². The van der Waals surface area contributed by atoms with Crippen LogP contribution < -0.4 is 5.73 Å². The summed E-state index contributed by atoms with van der Waals surface area (Å²) in [4.78, 5) is 3.84. The van der Waals surface area contributed by atoms with Crippen LogP contribution in [-0.4, -0.2) is 15.2 Å². The molecule has 0 amide bonds. The molecular formula is C10H7BrF3N3O2. The molecule has 0 radical (unpaired) electrons. The van der Waals surface area contributed by atoms with Gasteiger partial charge in [0.25, 0.3) is 0 Å². The number of halogens is 4. The van der Waals surface area contributed by atoms with Gasteiger partial charge >= 0.3 is 6.18 Å². The number of aromatic nitrogens is 2. The summed E-state index contributed by atoms with van der Waals surface area (Å²) >= 11 is 2.95. The Bertz CT molecular complexity index is 589. The topological polar surface area (TPSA) is 85.2 Å². The van der Waals surface area contributed by atoms with Crippen molar-refractivity contribution in [2.45, 2.75) is 12.7 Å². The van der Waals surface area contributed by atoms with Crippen LogP contribution in [0.3, 0.4) is 0 Å². The molecule has 1 heterocycles. The first-order chi connectivity index (χ1) is 8.82. The van der Waals surface area contributed by atoms with Crippen molar-refractivity contribution in [1.29, 1.82) is 0 Å². The van der Waals surface area contributed by atoms with E-state index in [0.29, 0.717) is 6.07 Å². The molecule has 0 atom stereocenters. The van der Waals surface area contributed by atoms with E-state index in [1.165, 1.54) is 0 Å². The Balaban J connectivity index is 2.53. The fourth-order valence-electron chi connectivity index (χ4n) is 1.42. The summed E-state index contributed by atoms with van der Waals surface area (Å²) < 4.78 is 42.4. The first-order valence-electron chi connectivity index (χ1n) is 4.95. The largest absolute Gasteiger partial charge is 0.507 e. The van der Waals surface area contributed by atoms with E-state index in [4.69, 9.17) is 10.3 Å². The third-order valence-corrected chi connectivity index (χ3v) is 2.89. The lowest BCUT2D eigenvalue weighted by Crippen LogP contribution is -2.05. The smallest absolute Gasteiger partial charge is 0.416 e. The molecular weight excluding hydrogens is 331 g/mol. The number of nitrogens with zero attached hydrogens (tertiary/aromatic N) is 2. The Morgan fingerprint density at radius 1 is 1.37 bits per heavy atom. The van der Waals surface area contributed by atoms with Crippen LogP contribution in [0.2, 0.25) is 0 Å². The molecule has 1 aromatic carbocycles. The monoisotopic (exact) mass is 337 g/mol. The minimum Gasteiger partial charge on any atom is -0.507 e. The van der Waals surface area contributed by atoms with Gasteiger partial charge in [-0.1, -0.05) is 5.16 Å². The summed E-state index contributed by atoms with van der Waals surface area (Å²) in [5, 5.41) is 13.2. The molecule has 0 aliphatic heterocycles. The normalized spacial score (nSPS) is 11.8. The number of hydrogen-bond acceptors (Lipinski definition) is 5. The standard InChI is InChI=1S/C10H7BrF3N3O2/c11-5-1-4(10(12,13)14)2-6(18)8(5)9-16-7(3-15)19-17-9/h1-2,18H,3,15H2. The molecule has 9 heteroatoms. The van der Waals surface area contributed by atoms with Gasteiger partial charge in [0.05, 0.1) is 17.7 Å². The average Bonchev–Trinajstić information content (AvgIpc) is 2.75. The van der Waals surface area contributed by atoms with Crippen LogP contribution in [0, 0.1) is 0 Å². The van der Waals surface area contributed by atoms with E-state index >= 15 is 0 Å². The van der Waals surface area contributed by atoms with Crippen LogP contribution in [0.4, 0.5) is 13.2 Å². The number of aromatic hydroxyl groups is 1. The maximum absolute atomic E-state index is 12.5. The first-order valence-corrected chi connectivity index (χ1v) is 5.75. The maximum Gasteiger partial charge on any atom is 0.416 e. The Hall–Kier alpha value is -1.61. The quantitative estimate of drug-likeness (QED) is 0.879. The van der Waals surface area contributed by atoms with Crippen molar-refractivity contribution in [3.63, 3.8) is 0 Å². The zero-order valence-corrected chi connectivity index (χ0v) is 10.8. The molecule has 5 nitrogen and oxygen atoms in total. The zero-order valence-electron chi connectivity index (χ0n) is 9.20. The highest BCUT2D eigenvalue weighted by Gasteiger charge is 2.32. The van der Waals surface area contributed by atoms with Gasteiger partial charge in [-0.15, -0.1) is 0 Å². The average molecular weight is 338 g/mol. The lowest BCUT2D eigenvalue weighted by atomic mass is 10.1. The highest BCUT2D eigenvalue weighted by Crippen LogP contribution is 2.40.